The van der Waals surface area contributed by atoms with Crippen molar-refractivity contribution in [2.75, 3.05) is 7.11 Å². The minimum atomic E-state index is 0. The smallest absolute Gasteiger partial charge is 0.118 e. The summed E-state index contributed by atoms with van der Waals surface area (Å²) in [5, 5.41) is 0.126. The van der Waals surface area contributed by atoms with Gasteiger partial charge in [0.05, 0.1) is 18.8 Å². The molecule has 1 unspecified atom stereocenters. The molecule has 5 heteroatoms. The lowest BCUT2D eigenvalue weighted by Crippen LogP contribution is -2.10. The molecule has 0 radical (unpaired) electrons. The molecule has 0 aliphatic carbocycles. The Balaban J connectivity index is 0.00000180. The number of halogens is 2. The highest BCUT2D eigenvalue weighted by Crippen LogP contribution is 2.15. The van der Waals surface area contributed by atoms with Crippen LogP contribution >= 0.6 is 24.0 Å². The van der Waals surface area contributed by atoms with Gasteiger partial charge in [-0.1, -0.05) is 12.1 Å². The maximum Gasteiger partial charge on any atom is 0.118 e. The van der Waals surface area contributed by atoms with Crippen molar-refractivity contribution in [2.45, 2.75) is 24.8 Å². The van der Waals surface area contributed by atoms with E-state index in [1.165, 1.54) is 5.56 Å². The summed E-state index contributed by atoms with van der Waals surface area (Å²) >= 11 is 6.31. The molecule has 104 valence electrons. The molecule has 0 fully saturated rings. The second-order valence-corrected chi connectivity index (χ2v) is 4.86. The second-order valence-electron chi connectivity index (χ2n) is 4.24. The van der Waals surface area contributed by atoms with Gasteiger partial charge in [0.2, 0.25) is 0 Å². The van der Waals surface area contributed by atoms with Crippen LogP contribution in [0.1, 0.15) is 12.0 Å². The van der Waals surface area contributed by atoms with Crippen LogP contribution in [-0.2, 0) is 13.0 Å². The summed E-state index contributed by atoms with van der Waals surface area (Å²) in [5.74, 6) is 0.889. The van der Waals surface area contributed by atoms with Gasteiger partial charge in [0.25, 0.3) is 0 Å². The van der Waals surface area contributed by atoms with Gasteiger partial charge in [-0.3, -0.25) is 0 Å². The summed E-state index contributed by atoms with van der Waals surface area (Å²) in [6.45, 7) is 0.803. The van der Waals surface area contributed by atoms with Gasteiger partial charge in [0, 0.05) is 18.9 Å². The lowest BCUT2D eigenvalue weighted by atomic mass is 10.1. The van der Waals surface area contributed by atoms with Gasteiger partial charge in [0.15, 0.2) is 0 Å². The fraction of sp³-hybridized carbons (Fsp3) is 0.357. The van der Waals surface area contributed by atoms with Gasteiger partial charge in [-0.05, 0) is 30.5 Å². The summed E-state index contributed by atoms with van der Waals surface area (Å²) in [7, 11) is 1.68. The number of benzene rings is 1. The van der Waals surface area contributed by atoms with E-state index in [2.05, 4.69) is 17.1 Å². The number of nitrogens with zero attached hydrogens (tertiary/aromatic N) is 2. The number of alkyl halides is 1. The fourth-order valence-electron chi connectivity index (χ4n) is 1.83. The Morgan fingerprint density at radius 2 is 2.05 bits per heavy atom. The first-order chi connectivity index (χ1) is 8.78. The van der Waals surface area contributed by atoms with E-state index in [1.807, 2.05) is 22.9 Å². The zero-order valence-electron chi connectivity index (χ0n) is 10.8. The van der Waals surface area contributed by atoms with Crippen LogP contribution in [0.3, 0.4) is 0 Å². The minimum absolute atomic E-state index is 0. The molecule has 0 saturated carbocycles. The molecule has 3 nitrogen and oxygen atoms in total. The third-order valence-electron chi connectivity index (χ3n) is 2.87. The molecule has 0 aliphatic heterocycles. The Kier molecular flexibility index (Phi) is 6.74. The molecule has 0 spiro atoms. The maximum atomic E-state index is 6.31. The second kappa shape index (κ2) is 8.08. The van der Waals surface area contributed by atoms with Crippen molar-refractivity contribution < 1.29 is 4.74 Å². The highest BCUT2D eigenvalue weighted by atomic mass is 35.5. The quantitative estimate of drug-likeness (QED) is 0.763. The van der Waals surface area contributed by atoms with E-state index in [0.717, 1.165) is 25.1 Å². The van der Waals surface area contributed by atoms with Gasteiger partial charge < -0.3 is 9.30 Å². The van der Waals surface area contributed by atoms with E-state index in [9.17, 15) is 0 Å². The van der Waals surface area contributed by atoms with E-state index >= 15 is 0 Å². The van der Waals surface area contributed by atoms with E-state index < -0.39 is 0 Å². The fourth-order valence-corrected chi connectivity index (χ4v) is 2.10. The van der Waals surface area contributed by atoms with E-state index in [1.54, 1.807) is 19.6 Å². The monoisotopic (exact) mass is 300 g/mol. The summed E-state index contributed by atoms with van der Waals surface area (Å²) in [5.41, 5.74) is 1.28. The van der Waals surface area contributed by atoms with Gasteiger partial charge in [-0.15, -0.1) is 24.0 Å². The van der Waals surface area contributed by atoms with E-state index in [-0.39, 0.29) is 17.8 Å². The topological polar surface area (TPSA) is 27.1 Å². The Morgan fingerprint density at radius 3 is 2.63 bits per heavy atom. The van der Waals surface area contributed by atoms with Crippen LogP contribution in [0.5, 0.6) is 5.75 Å². The Bertz CT molecular complexity index is 457. The molecular formula is C14H18Cl2N2O. The standard InChI is InChI=1S/C14H17ClN2O.ClH/c1-18-14-6-3-12(4-7-14)2-5-13(15)10-17-9-8-16-11-17;/h3-4,6-9,11,13H,2,5,10H2,1H3;1H. The molecule has 2 aromatic rings. The van der Waals surface area contributed by atoms with Crippen molar-refractivity contribution in [2.24, 2.45) is 0 Å². The average Bonchev–Trinajstić information content (AvgIpc) is 2.90. The van der Waals surface area contributed by atoms with Crippen LogP contribution in [0.15, 0.2) is 43.0 Å². The van der Waals surface area contributed by atoms with Crippen molar-refractivity contribution in [3.8, 4) is 5.75 Å². The Hall–Kier alpha value is -1.19. The first-order valence-corrected chi connectivity index (χ1v) is 6.44. The molecule has 2 rings (SSSR count). The zero-order valence-corrected chi connectivity index (χ0v) is 12.4. The average molecular weight is 301 g/mol. The van der Waals surface area contributed by atoms with E-state index in [4.69, 9.17) is 16.3 Å². The molecule has 1 atom stereocenters. The number of hydrogen-bond acceptors (Lipinski definition) is 2. The lowest BCUT2D eigenvalue weighted by Gasteiger charge is -2.10. The summed E-state index contributed by atoms with van der Waals surface area (Å²) in [6, 6.07) is 8.13. The van der Waals surface area contributed by atoms with Gasteiger partial charge in [0.1, 0.15) is 5.75 Å². The van der Waals surface area contributed by atoms with Crippen LogP contribution in [0.4, 0.5) is 0 Å². The summed E-state index contributed by atoms with van der Waals surface area (Å²) < 4.78 is 7.13. The number of rotatable bonds is 6. The SMILES string of the molecule is COc1ccc(CCC(Cl)Cn2ccnc2)cc1.Cl. The number of hydrogen-bond donors (Lipinski definition) is 0. The van der Waals surface area contributed by atoms with Crippen LogP contribution in [0, 0.1) is 0 Å². The molecule has 1 heterocycles. The number of imidazole rings is 1. The Labute approximate surface area is 125 Å². The first-order valence-electron chi connectivity index (χ1n) is 6.00. The maximum absolute atomic E-state index is 6.31. The highest BCUT2D eigenvalue weighted by Gasteiger charge is 2.06. The third-order valence-corrected chi connectivity index (χ3v) is 3.23. The minimum Gasteiger partial charge on any atom is -0.497 e. The molecule has 0 aliphatic rings. The normalized spacial score (nSPS) is 11.7. The summed E-state index contributed by atoms with van der Waals surface area (Å²) in [4.78, 5) is 4.00. The number of ether oxygens (including phenoxy) is 1. The van der Waals surface area contributed by atoms with Crippen LogP contribution < -0.4 is 4.74 Å². The Morgan fingerprint density at radius 1 is 1.32 bits per heavy atom. The predicted octanol–water partition coefficient (Wildman–Crippen LogP) is 3.55. The van der Waals surface area contributed by atoms with Crippen molar-refractivity contribution in [3.63, 3.8) is 0 Å². The van der Waals surface area contributed by atoms with Gasteiger partial charge >= 0.3 is 0 Å². The number of aryl methyl sites for hydroxylation is 1. The number of aromatic nitrogens is 2. The molecule has 0 N–H and O–H groups in total. The van der Waals surface area contributed by atoms with Crippen molar-refractivity contribution in [1.82, 2.24) is 9.55 Å². The van der Waals surface area contributed by atoms with Crippen LogP contribution in [0.2, 0.25) is 0 Å². The van der Waals surface area contributed by atoms with Crippen LogP contribution in [-0.4, -0.2) is 22.0 Å². The van der Waals surface area contributed by atoms with Crippen molar-refractivity contribution in [1.29, 1.82) is 0 Å². The molecule has 1 aromatic carbocycles. The van der Waals surface area contributed by atoms with Gasteiger partial charge in [-0.25, -0.2) is 4.98 Å². The molecular weight excluding hydrogens is 283 g/mol. The zero-order chi connectivity index (χ0) is 12.8. The lowest BCUT2D eigenvalue weighted by molar-refractivity contribution is 0.414. The first kappa shape index (κ1) is 15.9. The summed E-state index contributed by atoms with van der Waals surface area (Å²) in [6.07, 6.45) is 7.43. The molecule has 0 amide bonds. The molecule has 0 bridgehead atoms. The van der Waals surface area contributed by atoms with Crippen LogP contribution in [0.25, 0.3) is 0 Å². The highest BCUT2D eigenvalue weighted by molar-refractivity contribution is 6.20. The molecule has 19 heavy (non-hydrogen) atoms. The predicted molar refractivity (Wildman–Crippen MR) is 80.4 cm³/mol. The van der Waals surface area contributed by atoms with Crippen molar-refractivity contribution >= 4 is 24.0 Å². The van der Waals surface area contributed by atoms with E-state index in [0.29, 0.717) is 0 Å². The molecule has 0 saturated heterocycles. The van der Waals surface area contributed by atoms with Crippen molar-refractivity contribution in [3.05, 3.63) is 48.5 Å². The largest absolute Gasteiger partial charge is 0.497 e. The number of methoxy groups -OCH3 is 1. The molecule has 1 aromatic heterocycles. The third kappa shape index (κ3) is 5.13. The van der Waals surface area contributed by atoms with Gasteiger partial charge in [-0.2, -0.15) is 0 Å².